The van der Waals surface area contributed by atoms with Crippen LogP contribution in [0, 0.1) is 11.3 Å². The van der Waals surface area contributed by atoms with Crippen LogP contribution in [0.25, 0.3) is 11.3 Å². The molecule has 7 heteroatoms. The second kappa shape index (κ2) is 6.91. The molecule has 0 radical (unpaired) electrons. The molecule has 0 atom stereocenters. The molecule has 0 aliphatic carbocycles. The lowest BCUT2D eigenvalue weighted by Crippen LogP contribution is -2.04. The number of aromatic nitrogens is 1. The van der Waals surface area contributed by atoms with Gasteiger partial charge in [-0.3, -0.25) is 0 Å². The predicted octanol–water partition coefficient (Wildman–Crippen LogP) is 5.63. The molecule has 0 aliphatic rings. The molecule has 1 aromatic carbocycles. The standard InChI is InChI=1S/C14H10Cl4N2O/c1-2-21-7-20-13(9(6-19)12(17)14(20)18)8-3-4-10(15)11(16)5-8/h3-5H,2,7H2,1H3. The third-order valence-electron chi connectivity index (χ3n) is 2.87. The topological polar surface area (TPSA) is 38.0 Å². The van der Waals surface area contributed by atoms with Gasteiger partial charge in [0.15, 0.2) is 0 Å². The van der Waals surface area contributed by atoms with Crippen LogP contribution in [-0.2, 0) is 11.5 Å². The van der Waals surface area contributed by atoms with E-state index in [1.54, 1.807) is 22.8 Å². The van der Waals surface area contributed by atoms with Crippen molar-refractivity contribution in [2.24, 2.45) is 0 Å². The van der Waals surface area contributed by atoms with Crippen LogP contribution in [0.1, 0.15) is 12.5 Å². The summed E-state index contributed by atoms with van der Waals surface area (Å²) in [6, 6.07) is 7.13. The first-order valence-corrected chi connectivity index (χ1v) is 7.53. The first kappa shape index (κ1) is 16.5. The average molecular weight is 364 g/mol. The summed E-state index contributed by atoms with van der Waals surface area (Å²) in [6.07, 6.45) is 0. The van der Waals surface area contributed by atoms with Gasteiger partial charge in [0.2, 0.25) is 0 Å². The van der Waals surface area contributed by atoms with Crippen LogP contribution in [0.4, 0.5) is 0 Å². The van der Waals surface area contributed by atoms with Crippen LogP contribution >= 0.6 is 46.4 Å². The van der Waals surface area contributed by atoms with E-state index in [0.29, 0.717) is 27.9 Å². The summed E-state index contributed by atoms with van der Waals surface area (Å²) in [7, 11) is 0. The summed E-state index contributed by atoms with van der Waals surface area (Å²) in [6.45, 7) is 2.56. The second-order valence-corrected chi connectivity index (χ2v) is 5.67. The van der Waals surface area contributed by atoms with E-state index in [-0.39, 0.29) is 22.5 Å². The van der Waals surface area contributed by atoms with E-state index in [2.05, 4.69) is 6.07 Å². The Hall–Kier alpha value is -0.890. The van der Waals surface area contributed by atoms with Crippen molar-refractivity contribution in [2.75, 3.05) is 6.61 Å². The monoisotopic (exact) mass is 362 g/mol. The molecule has 0 spiro atoms. The molecule has 0 saturated heterocycles. The Kier molecular flexibility index (Phi) is 5.43. The highest BCUT2D eigenvalue weighted by atomic mass is 35.5. The van der Waals surface area contributed by atoms with Gasteiger partial charge in [0.25, 0.3) is 0 Å². The average Bonchev–Trinajstić information content (AvgIpc) is 2.71. The molecule has 3 nitrogen and oxygen atoms in total. The van der Waals surface area contributed by atoms with Crippen molar-refractivity contribution < 1.29 is 4.74 Å². The van der Waals surface area contributed by atoms with Gasteiger partial charge in [0, 0.05) is 12.2 Å². The lowest BCUT2D eigenvalue weighted by atomic mass is 10.1. The molecule has 0 bridgehead atoms. The number of ether oxygens (including phenoxy) is 1. The van der Waals surface area contributed by atoms with E-state index in [1.807, 2.05) is 6.92 Å². The summed E-state index contributed by atoms with van der Waals surface area (Å²) in [5, 5.41) is 10.6. The van der Waals surface area contributed by atoms with E-state index in [1.165, 1.54) is 0 Å². The van der Waals surface area contributed by atoms with Crippen molar-refractivity contribution in [3.05, 3.63) is 44.0 Å². The van der Waals surface area contributed by atoms with Gasteiger partial charge in [0.05, 0.1) is 26.3 Å². The maximum atomic E-state index is 9.34. The zero-order valence-electron chi connectivity index (χ0n) is 11.0. The van der Waals surface area contributed by atoms with Gasteiger partial charge in [0.1, 0.15) is 18.0 Å². The molecule has 1 heterocycles. The molecule has 0 aliphatic heterocycles. The molecule has 0 unspecified atom stereocenters. The molecule has 2 aromatic rings. The molecule has 0 fully saturated rings. The van der Waals surface area contributed by atoms with Gasteiger partial charge in [-0.2, -0.15) is 5.26 Å². The Morgan fingerprint density at radius 1 is 1.19 bits per heavy atom. The van der Waals surface area contributed by atoms with Crippen LogP contribution in [0.15, 0.2) is 18.2 Å². The fraction of sp³-hybridized carbons (Fsp3) is 0.214. The largest absolute Gasteiger partial charge is 0.361 e. The third-order valence-corrected chi connectivity index (χ3v) is 4.47. The SMILES string of the molecule is CCOCn1c(Cl)c(Cl)c(C#N)c1-c1ccc(Cl)c(Cl)c1. The molecule has 21 heavy (non-hydrogen) atoms. The van der Waals surface area contributed by atoms with Crippen molar-refractivity contribution in [2.45, 2.75) is 13.7 Å². The van der Waals surface area contributed by atoms with Gasteiger partial charge in [-0.25, -0.2) is 0 Å². The van der Waals surface area contributed by atoms with Crippen molar-refractivity contribution in [1.82, 2.24) is 4.57 Å². The summed E-state index contributed by atoms with van der Waals surface area (Å²) in [5.41, 5.74) is 1.52. The lowest BCUT2D eigenvalue weighted by Gasteiger charge is -2.11. The highest BCUT2D eigenvalue weighted by Crippen LogP contribution is 2.39. The number of benzene rings is 1. The van der Waals surface area contributed by atoms with Crippen molar-refractivity contribution in [3.8, 4) is 17.3 Å². The predicted molar refractivity (Wildman–Crippen MR) is 86.2 cm³/mol. The lowest BCUT2D eigenvalue weighted by molar-refractivity contribution is 0.0893. The first-order chi connectivity index (χ1) is 10.0. The highest BCUT2D eigenvalue weighted by molar-refractivity contribution is 6.43. The molecule has 0 amide bonds. The fourth-order valence-electron chi connectivity index (χ4n) is 1.91. The van der Waals surface area contributed by atoms with Crippen molar-refractivity contribution in [3.63, 3.8) is 0 Å². The molecule has 0 N–H and O–H groups in total. The van der Waals surface area contributed by atoms with Crippen molar-refractivity contribution >= 4 is 46.4 Å². The number of nitriles is 1. The molecular weight excluding hydrogens is 354 g/mol. The zero-order valence-corrected chi connectivity index (χ0v) is 14.0. The first-order valence-electron chi connectivity index (χ1n) is 6.02. The van der Waals surface area contributed by atoms with E-state index >= 15 is 0 Å². The van der Waals surface area contributed by atoms with E-state index in [4.69, 9.17) is 51.1 Å². The Bertz CT molecular complexity index is 719. The van der Waals surface area contributed by atoms with Crippen LogP contribution in [0.3, 0.4) is 0 Å². The highest BCUT2D eigenvalue weighted by Gasteiger charge is 2.22. The number of nitrogens with zero attached hydrogens (tertiary/aromatic N) is 2. The zero-order chi connectivity index (χ0) is 15.6. The number of halogens is 4. The number of hydrogen-bond donors (Lipinski definition) is 0. The maximum absolute atomic E-state index is 9.34. The molecule has 0 saturated carbocycles. The Morgan fingerprint density at radius 3 is 2.48 bits per heavy atom. The van der Waals surface area contributed by atoms with Gasteiger partial charge < -0.3 is 9.30 Å². The Balaban J connectivity index is 2.67. The number of hydrogen-bond acceptors (Lipinski definition) is 2. The quantitative estimate of drug-likeness (QED) is 0.705. The van der Waals surface area contributed by atoms with Crippen LogP contribution < -0.4 is 0 Å². The maximum Gasteiger partial charge on any atom is 0.131 e. The van der Waals surface area contributed by atoms with Gasteiger partial charge in [-0.05, 0) is 19.1 Å². The number of rotatable bonds is 4. The fourth-order valence-corrected chi connectivity index (χ4v) is 2.67. The van der Waals surface area contributed by atoms with Crippen molar-refractivity contribution in [1.29, 1.82) is 5.26 Å². The smallest absolute Gasteiger partial charge is 0.131 e. The molecule has 2 rings (SSSR count). The van der Waals surface area contributed by atoms with Crippen LogP contribution in [0.2, 0.25) is 20.2 Å². The molecular formula is C14H10Cl4N2O. The Morgan fingerprint density at radius 2 is 1.90 bits per heavy atom. The summed E-state index contributed by atoms with van der Waals surface area (Å²) in [5.74, 6) is 0. The molecule has 110 valence electrons. The van der Waals surface area contributed by atoms with E-state index in [9.17, 15) is 5.26 Å². The van der Waals surface area contributed by atoms with E-state index in [0.717, 1.165) is 0 Å². The summed E-state index contributed by atoms with van der Waals surface area (Å²) in [4.78, 5) is 0. The summed E-state index contributed by atoms with van der Waals surface area (Å²) >= 11 is 24.3. The minimum absolute atomic E-state index is 0.187. The second-order valence-electron chi connectivity index (χ2n) is 4.12. The van der Waals surface area contributed by atoms with Gasteiger partial charge in [-0.15, -0.1) is 0 Å². The van der Waals surface area contributed by atoms with Gasteiger partial charge in [-0.1, -0.05) is 52.5 Å². The van der Waals surface area contributed by atoms with E-state index < -0.39 is 0 Å². The Labute approximate surface area is 142 Å². The third kappa shape index (κ3) is 3.15. The minimum atomic E-state index is 0.187. The van der Waals surface area contributed by atoms with Crippen LogP contribution in [0.5, 0.6) is 0 Å². The van der Waals surface area contributed by atoms with Crippen LogP contribution in [-0.4, -0.2) is 11.2 Å². The summed E-state index contributed by atoms with van der Waals surface area (Å²) < 4.78 is 7.01. The minimum Gasteiger partial charge on any atom is -0.361 e. The normalized spacial score (nSPS) is 10.7. The molecule has 1 aromatic heterocycles. The van der Waals surface area contributed by atoms with Gasteiger partial charge >= 0.3 is 0 Å².